The summed E-state index contributed by atoms with van der Waals surface area (Å²) in [5.74, 6) is -0.478. The van der Waals surface area contributed by atoms with Crippen LogP contribution in [0.2, 0.25) is 0 Å². The van der Waals surface area contributed by atoms with Gasteiger partial charge in [-0.3, -0.25) is 9.59 Å². The van der Waals surface area contributed by atoms with Gasteiger partial charge in [0.2, 0.25) is 5.91 Å². The lowest BCUT2D eigenvalue weighted by molar-refractivity contribution is -0.114. The lowest BCUT2D eigenvalue weighted by Gasteiger charge is -2.05. The lowest BCUT2D eigenvalue weighted by atomic mass is 10.2. The summed E-state index contributed by atoms with van der Waals surface area (Å²) in [4.78, 5) is 22.7. The quantitative estimate of drug-likeness (QED) is 0.884. The number of anilines is 2. The van der Waals surface area contributed by atoms with E-state index in [2.05, 4.69) is 15.8 Å². The molecular formula is C13H13N3O3. The Morgan fingerprint density at radius 1 is 1.11 bits per heavy atom. The topological polar surface area (TPSA) is 84.2 Å². The van der Waals surface area contributed by atoms with Crippen molar-refractivity contribution in [3.8, 4) is 0 Å². The smallest absolute Gasteiger partial charge is 0.278 e. The fourth-order valence-corrected chi connectivity index (χ4v) is 1.54. The van der Waals surface area contributed by atoms with Gasteiger partial charge in [-0.15, -0.1) is 0 Å². The highest BCUT2D eigenvalue weighted by atomic mass is 16.5. The summed E-state index contributed by atoms with van der Waals surface area (Å²) >= 11 is 0. The minimum atomic E-state index is -0.335. The number of nitrogens with one attached hydrogen (secondary N) is 2. The third-order valence-electron chi connectivity index (χ3n) is 2.43. The fraction of sp³-hybridized carbons (Fsp3) is 0.154. The molecule has 0 radical (unpaired) electrons. The molecule has 0 unspecified atom stereocenters. The molecule has 19 heavy (non-hydrogen) atoms. The first-order valence-electron chi connectivity index (χ1n) is 5.66. The van der Waals surface area contributed by atoms with Crippen LogP contribution in [0.1, 0.15) is 23.0 Å². The first kappa shape index (κ1) is 12.8. The fourth-order valence-electron chi connectivity index (χ4n) is 1.54. The number of nitrogens with zero attached hydrogens (tertiary/aromatic N) is 1. The van der Waals surface area contributed by atoms with E-state index >= 15 is 0 Å². The molecule has 98 valence electrons. The third-order valence-corrected chi connectivity index (χ3v) is 2.43. The van der Waals surface area contributed by atoms with Crippen LogP contribution in [0.25, 0.3) is 0 Å². The molecule has 6 nitrogen and oxygen atoms in total. The zero-order chi connectivity index (χ0) is 13.8. The van der Waals surface area contributed by atoms with E-state index in [9.17, 15) is 9.59 Å². The maximum absolute atomic E-state index is 11.9. The number of aryl methyl sites for hydroxylation is 1. The van der Waals surface area contributed by atoms with Crippen molar-refractivity contribution in [2.75, 3.05) is 10.6 Å². The number of amides is 2. The number of hydrogen-bond donors (Lipinski definition) is 2. The van der Waals surface area contributed by atoms with Crippen molar-refractivity contribution < 1.29 is 14.1 Å². The number of hydrogen-bond acceptors (Lipinski definition) is 4. The Morgan fingerprint density at radius 3 is 2.16 bits per heavy atom. The second-order valence-corrected chi connectivity index (χ2v) is 4.06. The third kappa shape index (κ3) is 3.19. The van der Waals surface area contributed by atoms with E-state index in [0.29, 0.717) is 16.9 Å². The summed E-state index contributed by atoms with van der Waals surface area (Å²) in [6.45, 7) is 3.17. The van der Waals surface area contributed by atoms with Crippen LogP contribution >= 0.6 is 0 Å². The van der Waals surface area contributed by atoms with Crippen LogP contribution in [0.15, 0.2) is 35.1 Å². The van der Waals surface area contributed by atoms with Crippen LogP contribution in [-0.4, -0.2) is 17.0 Å². The molecule has 0 spiro atoms. The number of rotatable bonds is 3. The minimum Gasteiger partial charge on any atom is -0.364 e. The molecule has 1 aromatic heterocycles. The van der Waals surface area contributed by atoms with E-state index in [1.54, 1.807) is 31.2 Å². The summed E-state index contributed by atoms with van der Waals surface area (Å²) < 4.78 is 4.71. The Hall–Kier alpha value is -2.63. The largest absolute Gasteiger partial charge is 0.364 e. The van der Waals surface area contributed by atoms with Crippen molar-refractivity contribution >= 4 is 23.2 Å². The van der Waals surface area contributed by atoms with E-state index in [0.717, 1.165) is 0 Å². The molecular weight excluding hydrogens is 246 g/mol. The van der Waals surface area contributed by atoms with Gasteiger partial charge in [0.25, 0.3) is 5.91 Å². The van der Waals surface area contributed by atoms with Crippen molar-refractivity contribution in [2.24, 2.45) is 0 Å². The lowest BCUT2D eigenvalue weighted by Crippen LogP contribution is -2.13. The molecule has 1 aromatic carbocycles. The summed E-state index contributed by atoms with van der Waals surface area (Å²) in [5.41, 5.74) is 2.21. The van der Waals surface area contributed by atoms with Crippen molar-refractivity contribution in [2.45, 2.75) is 13.8 Å². The zero-order valence-corrected chi connectivity index (χ0v) is 10.6. The number of carbonyl (C=O) groups excluding carboxylic acids is 2. The van der Waals surface area contributed by atoms with Crippen molar-refractivity contribution in [1.82, 2.24) is 5.16 Å². The summed E-state index contributed by atoms with van der Waals surface area (Å²) in [6, 6.07) is 6.79. The predicted molar refractivity (Wildman–Crippen MR) is 69.9 cm³/mol. The maximum atomic E-state index is 11.9. The van der Waals surface area contributed by atoms with Crippen LogP contribution in [0.3, 0.4) is 0 Å². The molecule has 0 fully saturated rings. The molecule has 2 rings (SSSR count). The van der Waals surface area contributed by atoms with Gasteiger partial charge in [0.1, 0.15) is 6.26 Å². The second kappa shape index (κ2) is 5.34. The van der Waals surface area contributed by atoms with Crippen LogP contribution in [-0.2, 0) is 4.79 Å². The van der Waals surface area contributed by atoms with Crippen LogP contribution in [0.5, 0.6) is 0 Å². The maximum Gasteiger partial charge on any atom is 0.278 e. The molecule has 2 amide bonds. The Balaban J connectivity index is 2.06. The van der Waals surface area contributed by atoms with Gasteiger partial charge in [-0.25, -0.2) is 0 Å². The molecule has 2 N–H and O–H groups in total. The molecule has 0 atom stereocenters. The molecule has 0 saturated carbocycles. The highest BCUT2D eigenvalue weighted by molar-refractivity contribution is 6.03. The summed E-state index contributed by atoms with van der Waals surface area (Å²) in [5, 5.41) is 8.96. The Labute approximate surface area is 109 Å². The van der Waals surface area contributed by atoms with Gasteiger partial charge in [0, 0.05) is 23.9 Å². The van der Waals surface area contributed by atoms with Gasteiger partial charge in [-0.1, -0.05) is 5.16 Å². The Bertz CT molecular complexity index is 602. The van der Waals surface area contributed by atoms with E-state index in [1.807, 2.05) is 0 Å². The average molecular weight is 259 g/mol. The van der Waals surface area contributed by atoms with Crippen LogP contribution in [0, 0.1) is 6.92 Å². The van der Waals surface area contributed by atoms with Gasteiger partial charge < -0.3 is 15.2 Å². The first-order chi connectivity index (χ1) is 9.06. The highest BCUT2D eigenvalue weighted by Gasteiger charge is 2.13. The van der Waals surface area contributed by atoms with E-state index in [4.69, 9.17) is 4.52 Å². The van der Waals surface area contributed by atoms with Gasteiger partial charge in [-0.05, 0) is 31.2 Å². The second-order valence-electron chi connectivity index (χ2n) is 4.06. The van der Waals surface area contributed by atoms with Crippen molar-refractivity contribution in [3.63, 3.8) is 0 Å². The van der Waals surface area contributed by atoms with Crippen LogP contribution < -0.4 is 10.6 Å². The number of carbonyl (C=O) groups is 2. The molecule has 1 heterocycles. The molecule has 2 aromatic rings. The normalized spacial score (nSPS) is 10.0. The molecule has 0 aliphatic rings. The van der Waals surface area contributed by atoms with Gasteiger partial charge in [0.05, 0.1) is 0 Å². The van der Waals surface area contributed by atoms with Crippen molar-refractivity contribution in [1.29, 1.82) is 0 Å². The van der Waals surface area contributed by atoms with E-state index in [-0.39, 0.29) is 17.5 Å². The van der Waals surface area contributed by atoms with E-state index < -0.39 is 0 Å². The monoisotopic (exact) mass is 259 g/mol. The predicted octanol–water partition coefficient (Wildman–Crippen LogP) is 2.19. The van der Waals surface area contributed by atoms with Crippen molar-refractivity contribution in [3.05, 3.63) is 41.8 Å². The average Bonchev–Trinajstić information content (AvgIpc) is 2.77. The summed E-state index contributed by atoms with van der Waals surface area (Å²) in [7, 11) is 0. The SMILES string of the molecule is CC(=O)Nc1ccc(NC(=O)c2nocc2C)cc1. The van der Waals surface area contributed by atoms with E-state index in [1.165, 1.54) is 13.2 Å². The molecule has 0 saturated heterocycles. The van der Waals surface area contributed by atoms with Gasteiger partial charge in [-0.2, -0.15) is 0 Å². The van der Waals surface area contributed by atoms with Crippen LogP contribution in [0.4, 0.5) is 11.4 Å². The Kier molecular flexibility index (Phi) is 3.61. The standard InChI is InChI=1S/C13H13N3O3/c1-8-7-19-16-12(8)13(18)15-11-5-3-10(4-6-11)14-9(2)17/h3-7H,1-2H3,(H,14,17)(H,15,18). The molecule has 0 aliphatic heterocycles. The first-order valence-corrected chi connectivity index (χ1v) is 5.66. The highest BCUT2D eigenvalue weighted by Crippen LogP contribution is 2.15. The zero-order valence-electron chi connectivity index (χ0n) is 10.6. The summed E-state index contributed by atoms with van der Waals surface area (Å²) in [6.07, 6.45) is 1.41. The molecule has 6 heteroatoms. The number of benzene rings is 1. The van der Waals surface area contributed by atoms with Gasteiger partial charge in [0.15, 0.2) is 5.69 Å². The molecule has 0 aliphatic carbocycles. The molecule has 0 bridgehead atoms. The minimum absolute atomic E-state index is 0.144. The van der Waals surface area contributed by atoms with Gasteiger partial charge >= 0.3 is 0 Å². The number of aromatic nitrogens is 1. The Morgan fingerprint density at radius 2 is 1.68 bits per heavy atom.